The molecule has 0 spiro atoms. The number of carbonyl (C=O) groups excluding carboxylic acids is 1. The Morgan fingerprint density at radius 1 is 1.12 bits per heavy atom. The van der Waals surface area contributed by atoms with Crippen LogP contribution in [0.3, 0.4) is 0 Å². The van der Waals surface area contributed by atoms with E-state index in [1.807, 2.05) is 4.90 Å². The van der Waals surface area contributed by atoms with Gasteiger partial charge in [0, 0.05) is 19.6 Å². The topological polar surface area (TPSA) is 69.7 Å². The second kappa shape index (κ2) is 8.14. The number of fused-ring (bicyclic) bond motifs is 1. The lowest BCUT2D eigenvalue weighted by Crippen LogP contribution is -2.48. The van der Waals surface area contributed by atoms with Gasteiger partial charge in [0.25, 0.3) is 10.0 Å². The van der Waals surface area contributed by atoms with Gasteiger partial charge in [0.1, 0.15) is 10.3 Å². The summed E-state index contributed by atoms with van der Waals surface area (Å²) in [6, 6.07) is 2.84. The third-order valence-corrected chi connectivity index (χ3v) is 9.16. The number of thiophene rings is 1. The average molecular weight is 420 g/mol. The minimum absolute atomic E-state index is 0. The molecular weight excluding hydrogens is 394 g/mol. The van der Waals surface area contributed by atoms with E-state index in [-0.39, 0.29) is 18.3 Å². The first-order valence-corrected chi connectivity index (χ1v) is 11.4. The maximum absolute atomic E-state index is 13.1. The van der Waals surface area contributed by atoms with Crippen molar-refractivity contribution in [1.82, 2.24) is 14.5 Å². The SMILES string of the molecule is Cl.O=C(C1CCCN1S(=O)(=O)c1cccs1)N1CC[C@@H]2CNC[C@@H]2CC1. The zero-order valence-electron chi connectivity index (χ0n) is 14.7. The minimum Gasteiger partial charge on any atom is -0.341 e. The molecule has 1 unspecified atom stereocenters. The molecule has 6 nitrogen and oxygen atoms in total. The highest BCUT2D eigenvalue weighted by Crippen LogP contribution is 2.31. The zero-order valence-corrected chi connectivity index (χ0v) is 17.1. The Labute approximate surface area is 165 Å². The summed E-state index contributed by atoms with van der Waals surface area (Å²) in [6.07, 6.45) is 3.43. The Balaban J connectivity index is 0.00000196. The normalized spacial score (nSPS) is 29.8. The molecular formula is C17H26ClN3O3S2. The fraction of sp³-hybridized carbons (Fsp3) is 0.706. The van der Waals surface area contributed by atoms with Gasteiger partial charge in [-0.2, -0.15) is 4.31 Å². The molecule has 1 N–H and O–H groups in total. The summed E-state index contributed by atoms with van der Waals surface area (Å²) >= 11 is 1.22. The van der Waals surface area contributed by atoms with Crippen molar-refractivity contribution in [2.24, 2.45) is 11.8 Å². The molecule has 0 aliphatic carbocycles. The highest BCUT2D eigenvalue weighted by atomic mass is 35.5. The highest BCUT2D eigenvalue weighted by molar-refractivity contribution is 7.91. The van der Waals surface area contributed by atoms with Crippen molar-refractivity contribution in [1.29, 1.82) is 0 Å². The molecule has 0 radical (unpaired) electrons. The summed E-state index contributed by atoms with van der Waals surface area (Å²) < 4.78 is 27.5. The van der Waals surface area contributed by atoms with E-state index in [2.05, 4.69) is 5.32 Å². The van der Waals surface area contributed by atoms with Crippen LogP contribution in [0.15, 0.2) is 21.7 Å². The van der Waals surface area contributed by atoms with Gasteiger partial charge in [-0.05, 0) is 62.1 Å². The van der Waals surface area contributed by atoms with Gasteiger partial charge < -0.3 is 10.2 Å². The van der Waals surface area contributed by atoms with Crippen LogP contribution in [0.1, 0.15) is 25.7 Å². The Bertz CT molecular complexity index is 712. The number of carbonyl (C=O) groups is 1. The Morgan fingerprint density at radius 2 is 1.81 bits per heavy atom. The van der Waals surface area contributed by atoms with E-state index in [9.17, 15) is 13.2 Å². The molecule has 9 heteroatoms. The van der Waals surface area contributed by atoms with Crippen LogP contribution < -0.4 is 5.32 Å². The number of nitrogens with one attached hydrogen (secondary N) is 1. The van der Waals surface area contributed by atoms with E-state index in [0.717, 1.165) is 45.4 Å². The second-order valence-corrected chi connectivity index (χ2v) is 10.4. The van der Waals surface area contributed by atoms with Crippen molar-refractivity contribution in [3.8, 4) is 0 Å². The van der Waals surface area contributed by atoms with Crippen LogP contribution in [0, 0.1) is 11.8 Å². The maximum Gasteiger partial charge on any atom is 0.253 e. The molecule has 146 valence electrons. The van der Waals surface area contributed by atoms with Crippen molar-refractivity contribution in [3.63, 3.8) is 0 Å². The van der Waals surface area contributed by atoms with Crippen molar-refractivity contribution in [2.45, 2.75) is 35.9 Å². The summed E-state index contributed by atoms with van der Waals surface area (Å²) in [6.45, 7) is 4.06. The number of hydrogen-bond donors (Lipinski definition) is 1. The molecule has 1 aromatic rings. The van der Waals surface area contributed by atoms with Gasteiger partial charge in [-0.3, -0.25) is 4.79 Å². The van der Waals surface area contributed by atoms with Gasteiger partial charge in [-0.1, -0.05) is 6.07 Å². The van der Waals surface area contributed by atoms with E-state index in [1.54, 1.807) is 17.5 Å². The van der Waals surface area contributed by atoms with Gasteiger partial charge in [-0.15, -0.1) is 23.7 Å². The number of sulfonamides is 1. The third-order valence-electron chi connectivity index (χ3n) is 5.88. The third kappa shape index (κ3) is 3.67. The summed E-state index contributed by atoms with van der Waals surface area (Å²) in [4.78, 5) is 15.0. The van der Waals surface area contributed by atoms with E-state index in [4.69, 9.17) is 0 Å². The molecule has 26 heavy (non-hydrogen) atoms. The molecule has 3 atom stereocenters. The Kier molecular flexibility index (Phi) is 6.29. The number of amides is 1. The standard InChI is InChI=1S/C17H25N3O3S2.ClH/c21-17(19-8-5-13-11-18-12-14(13)6-9-19)15-3-1-7-20(15)25(22,23)16-4-2-10-24-16;/h2,4,10,13-15,18H,1,3,5-9,11-12H2;1H/t13-,14+,15?;. The van der Waals surface area contributed by atoms with Gasteiger partial charge in [-0.25, -0.2) is 8.42 Å². The number of halogens is 1. The largest absolute Gasteiger partial charge is 0.341 e. The van der Waals surface area contributed by atoms with Crippen LogP contribution in [-0.4, -0.2) is 62.3 Å². The minimum atomic E-state index is -3.56. The number of hydrogen-bond acceptors (Lipinski definition) is 5. The van der Waals surface area contributed by atoms with E-state index in [1.165, 1.54) is 15.6 Å². The first-order chi connectivity index (χ1) is 12.1. The highest BCUT2D eigenvalue weighted by Gasteiger charge is 2.42. The van der Waals surface area contributed by atoms with Gasteiger partial charge >= 0.3 is 0 Å². The summed E-state index contributed by atoms with van der Waals surface area (Å²) in [5, 5.41) is 5.21. The fourth-order valence-electron chi connectivity index (χ4n) is 4.45. The maximum atomic E-state index is 13.1. The van der Waals surface area contributed by atoms with Crippen molar-refractivity contribution in [3.05, 3.63) is 17.5 Å². The molecule has 3 saturated heterocycles. The molecule has 0 bridgehead atoms. The van der Waals surface area contributed by atoms with Crippen molar-refractivity contribution < 1.29 is 13.2 Å². The fourth-order valence-corrected chi connectivity index (χ4v) is 7.22. The van der Waals surface area contributed by atoms with Crippen LogP contribution in [0.2, 0.25) is 0 Å². The molecule has 3 aliphatic rings. The lowest BCUT2D eigenvalue weighted by Gasteiger charge is -2.29. The predicted octanol–water partition coefficient (Wildman–Crippen LogP) is 1.78. The molecule has 0 aromatic carbocycles. The zero-order chi connectivity index (χ0) is 17.4. The van der Waals surface area contributed by atoms with E-state index >= 15 is 0 Å². The molecule has 3 aliphatic heterocycles. The molecule has 4 rings (SSSR count). The van der Waals surface area contributed by atoms with E-state index in [0.29, 0.717) is 29.0 Å². The molecule has 4 heterocycles. The molecule has 1 aromatic heterocycles. The first kappa shape index (κ1) is 20.1. The van der Waals surface area contributed by atoms with E-state index < -0.39 is 16.1 Å². The van der Waals surface area contributed by atoms with Gasteiger partial charge in [0.05, 0.1) is 0 Å². The smallest absolute Gasteiger partial charge is 0.253 e. The lowest BCUT2D eigenvalue weighted by atomic mass is 9.92. The van der Waals surface area contributed by atoms with Crippen LogP contribution in [0.25, 0.3) is 0 Å². The van der Waals surface area contributed by atoms with Crippen molar-refractivity contribution >= 4 is 39.7 Å². The first-order valence-electron chi connectivity index (χ1n) is 9.12. The van der Waals surface area contributed by atoms with Crippen LogP contribution in [-0.2, 0) is 14.8 Å². The predicted molar refractivity (Wildman–Crippen MR) is 104 cm³/mol. The lowest BCUT2D eigenvalue weighted by molar-refractivity contribution is -0.134. The van der Waals surface area contributed by atoms with Crippen molar-refractivity contribution in [2.75, 3.05) is 32.7 Å². The Morgan fingerprint density at radius 3 is 2.42 bits per heavy atom. The van der Waals surface area contributed by atoms with Crippen LogP contribution in [0.4, 0.5) is 0 Å². The summed E-state index contributed by atoms with van der Waals surface area (Å²) in [7, 11) is -3.56. The number of rotatable bonds is 3. The van der Waals surface area contributed by atoms with Gasteiger partial charge in [0.15, 0.2) is 0 Å². The Hall–Kier alpha value is -0.670. The quantitative estimate of drug-likeness (QED) is 0.810. The molecule has 1 amide bonds. The summed E-state index contributed by atoms with van der Waals surface area (Å²) in [5.41, 5.74) is 0. The number of likely N-dealkylation sites (tertiary alicyclic amines) is 1. The van der Waals surface area contributed by atoms with Crippen LogP contribution >= 0.6 is 23.7 Å². The van der Waals surface area contributed by atoms with Gasteiger partial charge in [0.2, 0.25) is 5.91 Å². The average Bonchev–Trinajstić information content (AvgIpc) is 3.34. The monoisotopic (exact) mass is 419 g/mol. The number of nitrogens with zero attached hydrogens (tertiary/aromatic N) is 2. The molecule has 0 saturated carbocycles. The summed E-state index contributed by atoms with van der Waals surface area (Å²) in [5.74, 6) is 1.32. The van der Waals surface area contributed by atoms with Crippen LogP contribution in [0.5, 0.6) is 0 Å². The molecule has 3 fully saturated rings. The second-order valence-electron chi connectivity index (χ2n) is 7.29.